The standard InChI is InChI=1S/C24H18N2OS/c27-23-14-13-19-20(22-12-7-15-28-22)16-21(17-8-3-1-4-9-17)25-24(19)26(23)18-10-5-2-6-11-18/h1-12,15-16H,13-14H2. The molecule has 0 unspecified atom stereocenters. The summed E-state index contributed by atoms with van der Waals surface area (Å²) >= 11 is 1.72. The van der Waals surface area contributed by atoms with Crippen LogP contribution in [0.3, 0.4) is 0 Å². The van der Waals surface area contributed by atoms with E-state index in [0.29, 0.717) is 12.8 Å². The third-order valence-electron chi connectivity index (χ3n) is 5.02. The van der Waals surface area contributed by atoms with E-state index in [0.717, 1.165) is 28.3 Å². The topological polar surface area (TPSA) is 33.2 Å². The lowest BCUT2D eigenvalue weighted by Gasteiger charge is -2.30. The van der Waals surface area contributed by atoms with Gasteiger partial charge in [0.2, 0.25) is 5.91 Å². The molecule has 4 aromatic rings. The fraction of sp³-hybridized carbons (Fsp3) is 0.0833. The molecule has 0 spiro atoms. The van der Waals surface area contributed by atoms with Crippen LogP contribution in [0.25, 0.3) is 21.7 Å². The molecule has 0 N–H and O–H groups in total. The van der Waals surface area contributed by atoms with Crippen molar-refractivity contribution >= 4 is 28.7 Å². The Morgan fingerprint density at radius 2 is 1.61 bits per heavy atom. The Hall–Kier alpha value is -3.24. The maximum Gasteiger partial charge on any atom is 0.233 e. The van der Waals surface area contributed by atoms with E-state index < -0.39 is 0 Å². The Balaban J connectivity index is 1.77. The zero-order chi connectivity index (χ0) is 18.9. The molecule has 2 aromatic carbocycles. The summed E-state index contributed by atoms with van der Waals surface area (Å²) in [4.78, 5) is 20.9. The number of carbonyl (C=O) groups is 1. The van der Waals surface area contributed by atoms with Gasteiger partial charge in [0.15, 0.2) is 0 Å². The van der Waals surface area contributed by atoms with E-state index in [4.69, 9.17) is 4.98 Å². The van der Waals surface area contributed by atoms with Crippen LogP contribution < -0.4 is 4.90 Å². The minimum absolute atomic E-state index is 0.0912. The van der Waals surface area contributed by atoms with Gasteiger partial charge in [-0.15, -0.1) is 11.3 Å². The van der Waals surface area contributed by atoms with Gasteiger partial charge in [-0.25, -0.2) is 4.98 Å². The molecule has 1 aliphatic heterocycles. The maximum atomic E-state index is 12.9. The minimum atomic E-state index is 0.0912. The van der Waals surface area contributed by atoms with Crippen LogP contribution >= 0.6 is 11.3 Å². The molecule has 3 heterocycles. The number of para-hydroxylation sites is 1. The van der Waals surface area contributed by atoms with Crippen LogP contribution in [0, 0.1) is 0 Å². The maximum absolute atomic E-state index is 12.9. The van der Waals surface area contributed by atoms with E-state index >= 15 is 0 Å². The lowest BCUT2D eigenvalue weighted by Crippen LogP contribution is -2.32. The average Bonchev–Trinajstić information content (AvgIpc) is 3.29. The van der Waals surface area contributed by atoms with Gasteiger partial charge in [-0.2, -0.15) is 0 Å². The molecule has 0 fully saturated rings. The van der Waals surface area contributed by atoms with Crippen molar-refractivity contribution < 1.29 is 4.79 Å². The SMILES string of the molecule is O=C1CCc2c(-c3cccs3)cc(-c3ccccc3)nc2N1c1ccccc1. The van der Waals surface area contributed by atoms with Crippen LogP contribution in [0.2, 0.25) is 0 Å². The number of thiophene rings is 1. The van der Waals surface area contributed by atoms with Crippen LogP contribution in [-0.2, 0) is 11.2 Å². The third kappa shape index (κ3) is 2.92. The second kappa shape index (κ2) is 7.06. The van der Waals surface area contributed by atoms with Crippen molar-refractivity contribution in [3.05, 3.63) is 89.8 Å². The van der Waals surface area contributed by atoms with Crippen LogP contribution in [-0.4, -0.2) is 10.9 Å². The molecule has 2 aromatic heterocycles. The van der Waals surface area contributed by atoms with E-state index in [-0.39, 0.29) is 5.91 Å². The van der Waals surface area contributed by atoms with Gasteiger partial charge in [0.1, 0.15) is 5.82 Å². The van der Waals surface area contributed by atoms with Crippen molar-refractivity contribution in [2.75, 3.05) is 4.90 Å². The van der Waals surface area contributed by atoms with Gasteiger partial charge in [-0.05, 0) is 36.1 Å². The lowest BCUT2D eigenvalue weighted by atomic mass is 9.95. The molecule has 0 saturated carbocycles. The number of benzene rings is 2. The van der Waals surface area contributed by atoms with Crippen molar-refractivity contribution in [3.8, 4) is 21.7 Å². The smallest absolute Gasteiger partial charge is 0.233 e. The van der Waals surface area contributed by atoms with E-state index in [2.05, 4.69) is 35.7 Å². The molecule has 0 atom stereocenters. The third-order valence-corrected chi connectivity index (χ3v) is 5.93. The van der Waals surface area contributed by atoms with Gasteiger partial charge in [-0.1, -0.05) is 54.6 Å². The van der Waals surface area contributed by atoms with Gasteiger partial charge in [-0.3, -0.25) is 9.69 Å². The molecular formula is C24H18N2OS. The van der Waals surface area contributed by atoms with E-state index in [9.17, 15) is 4.79 Å². The first-order chi connectivity index (χ1) is 13.8. The zero-order valence-electron chi connectivity index (χ0n) is 15.2. The van der Waals surface area contributed by atoms with Crippen molar-refractivity contribution in [2.24, 2.45) is 0 Å². The molecule has 1 amide bonds. The quantitative estimate of drug-likeness (QED) is 0.430. The summed E-state index contributed by atoms with van der Waals surface area (Å²) in [5.41, 5.74) is 5.12. The molecule has 136 valence electrons. The predicted molar refractivity (Wildman–Crippen MR) is 115 cm³/mol. The number of nitrogens with zero attached hydrogens (tertiary/aromatic N) is 2. The van der Waals surface area contributed by atoms with E-state index in [1.807, 2.05) is 48.5 Å². The predicted octanol–water partition coefficient (Wildman–Crippen LogP) is 6.09. The Kier molecular flexibility index (Phi) is 4.26. The van der Waals surface area contributed by atoms with E-state index in [1.165, 1.54) is 10.4 Å². The fourth-order valence-corrected chi connectivity index (χ4v) is 4.47. The monoisotopic (exact) mass is 382 g/mol. The first kappa shape index (κ1) is 16.9. The Morgan fingerprint density at radius 3 is 2.32 bits per heavy atom. The summed E-state index contributed by atoms with van der Waals surface area (Å²) in [5.74, 6) is 0.848. The second-order valence-electron chi connectivity index (χ2n) is 6.77. The van der Waals surface area contributed by atoms with Crippen LogP contribution in [0.4, 0.5) is 11.5 Å². The van der Waals surface area contributed by atoms with Gasteiger partial charge < -0.3 is 0 Å². The average molecular weight is 382 g/mol. The second-order valence-corrected chi connectivity index (χ2v) is 7.71. The van der Waals surface area contributed by atoms with Crippen LogP contribution in [0.5, 0.6) is 0 Å². The molecule has 0 radical (unpaired) electrons. The summed E-state index contributed by atoms with van der Waals surface area (Å²) in [6.45, 7) is 0. The molecule has 0 saturated heterocycles. The van der Waals surface area contributed by atoms with Gasteiger partial charge in [0.25, 0.3) is 0 Å². The summed E-state index contributed by atoms with van der Waals surface area (Å²) in [6.07, 6.45) is 1.21. The Morgan fingerprint density at radius 1 is 0.857 bits per heavy atom. The van der Waals surface area contributed by atoms with Gasteiger partial charge in [0.05, 0.1) is 11.4 Å². The Bertz CT molecular complexity index is 1120. The van der Waals surface area contributed by atoms with Crippen molar-refractivity contribution in [2.45, 2.75) is 12.8 Å². The molecular weight excluding hydrogens is 364 g/mol. The number of carbonyl (C=O) groups excluding carboxylic acids is 1. The molecule has 0 aliphatic carbocycles. The van der Waals surface area contributed by atoms with Gasteiger partial charge >= 0.3 is 0 Å². The molecule has 0 bridgehead atoms. The van der Waals surface area contributed by atoms with Gasteiger partial charge in [0, 0.05) is 28.0 Å². The highest BCUT2D eigenvalue weighted by Gasteiger charge is 2.30. The summed E-state index contributed by atoms with van der Waals surface area (Å²) < 4.78 is 0. The fourth-order valence-electron chi connectivity index (χ4n) is 3.70. The van der Waals surface area contributed by atoms with Crippen molar-refractivity contribution in [1.82, 2.24) is 4.98 Å². The number of anilines is 2. The van der Waals surface area contributed by atoms with E-state index in [1.54, 1.807) is 16.2 Å². The molecule has 3 nitrogen and oxygen atoms in total. The summed E-state index contributed by atoms with van der Waals surface area (Å²) in [7, 11) is 0. The van der Waals surface area contributed by atoms with Crippen LogP contribution in [0.15, 0.2) is 84.2 Å². The number of aromatic nitrogens is 1. The number of hydrogen-bond acceptors (Lipinski definition) is 3. The first-order valence-electron chi connectivity index (χ1n) is 9.32. The molecule has 28 heavy (non-hydrogen) atoms. The largest absolute Gasteiger partial charge is 0.274 e. The molecule has 1 aliphatic rings. The highest BCUT2D eigenvalue weighted by Crippen LogP contribution is 2.41. The number of fused-ring (bicyclic) bond motifs is 1. The Labute approximate surface area is 167 Å². The van der Waals surface area contributed by atoms with Crippen molar-refractivity contribution in [1.29, 1.82) is 0 Å². The summed E-state index contributed by atoms with van der Waals surface area (Å²) in [5, 5.41) is 2.09. The highest BCUT2D eigenvalue weighted by molar-refractivity contribution is 7.13. The minimum Gasteiger partial charge on any atom is -0.274 e. The van der Waals surface area contributed by atoms with Crippen LogP contribution in [0.1, 0.15) is 12.0 Å². The number of amides is 1. The highest BCUT2D eigenvalue weighted by atomic mass is 32.1. The lowest BCUT2D eigenvalue weighted by molar-refractivity contribution is -0.118. The number of rotatable bonds is 3. The zero-order valence-corrected chi connectivity index (χ0v) is 16.0. The number of hydrogen-bond donors (Lipinski definition) is 0. The number of pyridine rings is 1. The normalized spacial score (nSPS) is 13.4. The first-order valence-corrected chi connectivity index (χ1v) is 10.2. The molecule has 4 heteroatoms. The van der Waals surface area contributed by atoms with Crippen molar-refractivity contribution in [3.63, 3.8) is 0 Å². The molecule has 5 rings (SSSR count). The summed E-state index contributed by atoms with van der Waals surface area (Å²) in [6, 6.07) is 26.3.